The molecule has 0 atom stereocenters. The summed E-state index contributed by atoms with van der Waals surface area (Å²) < 4.78 is 0. The largest absolute Gasteiger partial charge is 0.508 e. The zero-order valence-corrected chi connectivity index (χ0v) is 16.0. The minimum Gasteiger partial charge on any atom is -0.508 e. The molecule has 0 aliphatic heterocycles. The van der Waals surface area contributed by atoms with Gasteiger partial charge in [-0.05, 0) is 65.6 Å². The van der Waals surface area contributed by atoms with E-state index in [1.165, 1.54) is 22.3 Å². The smallest absolute Gasteiger partial charge is 0.127 e. The maximum Gasteiger partial charge on any atom is 0.127 e. The lowest BCUT2D eigenvalue weighted by Crippen LogP contribution is -2.31. The average Bonchev–Trinajstić information content (AvgIpc) is 2.70. The normalized spacial score (nSPS) is 14.5. The molecular formula is C26H22O2. The number of phenolic OH excluding ortho intramolecular Hbond substituents is 2. The minimum absolute atomic E-state index is 0.249. The molecule has 0 bridgehead atoms. The molecule has 5 rings (SSSR count). The third kappa shape index (κ3) is 2.21. The Kier molecular flexibility index (Phi) is 3.54. The number of aryl methyl sites for hydroxylation is 1. The summed E-state index contributed by atoms with van der Waals surface area (Å²) in [6.07, 6.45) is 0.906. The minimum atomic E-state index is -0.449. The van der Waals surface area contributed by atoms with Crippen LogP contribution in [0.3, 0.4) is 0 Å². The second kappa shape index (κ2) is 5.87. The van der Waals surface area contributed by atoms with Gasteiger partial charge >= 0.3 is 0 Å². The third-order valence-electron chi connectivity index (χ3n) is 6.34. The first-order chi connectivity index (χ1) is 13.5. The van der Waals surface area contributed by atoms with Crippen molar-refractivity contribution in [2.45, 2.75) is 25.7 Å². The number of rotatable bonds is 1. The Labute approximate surface area is 164 Å². The van der Waals surface area contributed by atoms with E-state index in [2.05, 4.69) is 55.5 Å². The fourth-order valence-electron chi connectivity index (χ4n) is 4.82. The molecule has 0 saturated heterocycles. The lowest BCUT2D eigenvalue weighted by molar-refractivity contribution is 0.461. The molecule has 4 aromatic carbocycles. The summed E-state index contributed by atoms with van der Waals surface area (Å²) in [6.45, 7) is 4.06. The zero-order valence-electron chi connectivity index (χ0n) is 16.0. The van der Waals surface area contributed by atoms with Gasteiger partial charge in [0.2, 0.25) is 0 Å². The van der Waals surface area contributed by atoms with Gasteiger partial charge in [-0.15, -0.1) is 0 Å². The van der Waals surface area contributed by atoms with Gasteiger partial charge < -0.3 is 10.2 Å². The lowest BCUT2D eigenvalue weighted by atomic mass is 9.64. The third-order valence-corrected chi connectivity index (χ3v) is 6.34. The van der Waals surface area contributed by atoms with Gasteiger partial charge in [-0.3, -0.25) is 0 Å². The average molecular weight is 366 g/mol. The predicted molar refractivity (Wildman–Crippen MR) is 113 cm³/mol. The molecule has 0 radical (unpaired) electrons. The molecule has 1 aliphatic carbocycles. The number of phenols is 2. The second-order valence-electron chi connectivity index (χ2n) is 7.94. The molecular weight excluding hydrogens is 344 g/mol. The SMILES string of the molecule is Cc1cc2c(O)c(C3(C)c4ccccc4Cc4ccccc43)ccc2cc1O. The fraction of sp³-hybridized carbons (Fsp3) is 0.154. The number of aromatic hydroxyl groups is 2. The van der Waals surface area contributed by atoms with E-state index < -0.39 is 5.41 Å². The van der Waals surface area contributed by atoms with Crippen molar-refractivity contribution in [2.24, 2.45) is 0 Å². The van der Waals surface area contributed by atoms with Crippen LogP contribution in [0.25, 0.3) is 10.8 Å². The number of benzene rings is 4. The van der Waals surface area contributed by atoms with Crippen LogP contribution in [0.5, 0.6) is 11.5 Å². The van der Waals surface area contributed by atoms with Crippen molar-refractivity contribution in [3.63, 3.8) is 0 Å². The van der Waals surface area contributed by atoms with E-state index in [1.807, 2.05) is 25.1 Å². The molecule has 28 heavy (non-hydrogen) atoms. The Balaban J connectivity index is 1.87. The van der Waals surface area contributed by atoms with Crippen LogP contribution >= 0.6 is 0 Å². The first-order valence-corrected chi connectivity index (χ1v) is 9.62. The molecule has 0 fully saturated rings. The summed E-state index contributed by atoms with van der Waals surface area (Å²) in [4.78, 5) is 0. The monoisotopic (exact) mass is 366 g/mol. The van der Waals surface area contributed by atoms with Crippen LogP contribution in [0.15, 0.2) is 72.8 Å². The molecule has 0 unspecified atom stereocenters. The van der Waals surface area contributed by atoms with Gasteiger partial charge in [0, 0.05) is 16.4 Å². The van der Waals surface area contributed by atoms with E-state index in [-0.39, 0.29) is 11.5 Å². The molecule has 0 heterocycles. The summed E-state index contributed by atoms with van der Waals surface area (Å²) in [6, 6.07) is 24.6. The molecule has 2 nitrogen and oxygen atoms in total. The van der Waals surface area contributed by atoms with E-state index in [1.54, 1.807) is 6.07 Å². The lowest BCUT2D eigenvalue weighted by Gasteiger charge is -2.39. The van der Waals surface area contributed by atoms with Crippen LogP contribution in [0.1, 0.15) is 40.3 Å². The van der Waals surface area contributed by atoms with Crippen molar-refractivity contribution in [1.29, 1.82) is 0 Å². The van der Waals surface area contributed by atoms with Crippen molar-refractivity contribution < 1.29 is 10.2 Å². The van der Waals surface area contributed by atoms with E-state index in [0.29, 0.717) is 0 Å². The van der Waals surface area contributed by atoms with Gasteiger partial charge in [0.15, 0.2) is 0 Å². The molecule has 4 aromatic rings. The van der Waals surface area contributed by atoms with Crippen LogP contribution in [0, 0.1) is 6.92 Å². The van der Waals surface area contributed by atoms with E-state index in [9.17, 15) is 10.2 Å². The van der Waals surface area contributed by atoms with Crippen molar-refractivity contribution in [3.05, 3.63) is 106 Å². The first kappa shape index (κ1) is 16.9. The summed E-state index contributed by atoms with van der Waals surface area (Å²) in [5, 5.41) is 23.0. The Morgan fingerprint density at radius 2 is 1.36 bits per heavy atom. The second-order valence-corrected chi connectivity index (χ2v) is 7.94. The van der Waals surface area contributed by atoms with Crippen LogP contribution in [0.2, 0.25) is 0 Å². The van der Waals surface area contributed by atoms with E-state index >= 15 is 0 Å². The highest BCUT2D eigenvalue weighted by molar-refractivity contribution is 5.92. The van der Waals surface area contributed by atoms with Gasteiger partial charge in [-0.25, -0.2) is 0 Å². The highest BCUT2D eigenvalue weighted by Crippen LogP contribution is 2.50. The number of hydrogen-bond acceptors (Lipinski definition) is 2. The molecule has 2 heteroatoms. The molecule has 0 spiro atoms. The molecule has 138 valence electrons. The summed E-state index contributed by atoms with van der Waals surface area (Å²) in [7, 11) is 0. The van der Waals surface area contributed by atoms with Crippen molar-refractivity contribution in [1.82, 2.24) is 0 Å². The van der Waals surface area contributed by atoms with E-state index in [4.69, 9.17) is 0 Å². The van der Waals surface area contributed by atoms with Gasteiger partial charge in [0.1, 0.15) is 11.5 Å². The zero-order chi connectivity index (χ0) is 19.5. The van der Waals surface area contributed by atoms with Gasteiger partial charge in [0.25, 0.3) is 0 Å². The van der Waals surface area contributed by atoms with Crippen LogP contribution in [-0.2, 0) is 11.8 Å². The standard InChI is InChI=1S/C26H22O2/c1-16-13-20-17(15-24(16)27)11-12-23(25(20)28)26(2)21-9-5-3-7-18(21)14-19-8-4-6-10-22(19)26/h3-13,15,27-28H,14H2,1-2H3. The maximum atomic E-state index is 11.4. The van der Waals surface area contributed by atoms with Gasteiger partial charge in [-0.1, -0.05) is 60.7 Å². The molecule has 0 amide bonds. The Bertz CT molecular complexity index is 1190. The molecule has 0 saturated carbocycles. The van der Waals surface area contributed by atoms with Crippen molar-refractivity contribution in [2.75, 3.05) is 0 Å². The highest BCUT2D eigenvalue weighted by Gasteiger charge is 2.39. The maximum absolute atomic E-state index is 11.4. The molecule has 2 N–H and O–H groups in total. The Morgan fingerprint density at radius 3 is 2.00 bits per heavy atom. The van der Waals surface area contributed by atoms with Gasteiger partial charge in [-0.2, -0.15) is 0 Å². The number of hydrogen-bond donors (Lipinski definition) is 2. The topological polar surface area (TPSA) is 40.5 Å². The molecule has 0 aromatic heterocycles. The van der Waals surface area contributed by atoms with E-state index in [0.717, 1.165) is 28.3 Å². The molecule has 1 aliphatic rings. The first-order valence-electron chi connectivity index (χ1n) is 9.62. The summed E-state index contributed by atoms with van der Waals surface area (Å²) in [5.41, 5.74) is 6.27. The fourth-order valence-corrected chi connectivity index (χ4v) is 4.82. The Hall–Kier alpha value is -3.26. The number of fused-ring (bicyclic) bond motifs is 3. The van der Waals surface area contributed by atoms with Crippen LogP contribution in [0.4, 0.5) is 0 Å². The van der Waals surface area contributed by atoms with Crippen molar-refractivity contribution >= 4 is 10.8 Å². The Morgan fingerprint density at radius 1 is 0.750 bits per heavy atom. The summed E-state index contributed by atoms with van der Waals surface area (Å²) >= 11 is 0. The van der Waals surface area contributed by atoms with Crippen LogP contribution < -0.4 is 0 Å². The quantitative estimate of drug-likeness (QED) is 0.446. The van der Waals surface area contributed by atoms with Gasteiger partial charge in [0.05, 0.1) is 0 Å². The highest BCUT2D eigenvalue weighted by atomic mass is 16.3. The predicted octanol–water partition coefficient (Wildman–Crippen LogP) is 5.82. The summed E-state index contributed by atoms with van der Waals surface area (Å²) in [5.74, 6) is 0.536. The van der Waals surface area contributed by atoms with Crippen molar-refractivity contribution in [3.8, 4) is 11.5 Å². The van der Waals surface area contributed by atoms with Crippen LogP contribution in [-0.4, -0.2) is 10.2 Å².